The number of amides is 1. The molecule has 0 radical (unpaired) electrons. The normalized spacial score (nSPS) is 12.1. The minimum absolute atomic E-state index is 0.0894. The van der Waals surface area contributed by atoms with Crippen molar-refractivity contribution in [2.75, 3.05) is 25.7 Å². The second kappa shape index (κ2) is 7.97. The molecular formula is C18H18N4O6S2. The van der Waals surface area contributed by atoms with E-state index in [0.717, 1.165) is 10.6 Å². The van der Waals surface area contributed by atoms with Crippen molar-refractivity contribution >= 4 is 31.8 Å². The molecule has 0 bridgehead atoms. The van der Waals surface area contributed by atoms with Crippen LogP contribution >= 0.6 is 0 Å². The number of nitrogens with zero attached hydrogens (tertiary/aromatic N) is 3. The summed E-state index contributed by atoms with van der Waals surface area (Å²) in [5.41, 5.74) is 0.679. The Morgan fingerprint density at radius 1 is 0.900 bits per heavy atom. The van der Waals surface area contributed by atoms with Gasteiger partial charge >= 0.3 is 6.01 Å². The van der Waals surface area contributed by atoms with Gasteiger partial charge in [0.25, 0.3) is 5.91 Å². The Morgan fingerprint density at radius 3 is 2.00 bits per heavy atom. The quantitative estimate of drug-likeness (QED) is 0.598. The third-order valence-electron chi connectivity index (χ3n) is 4.07. The van der Waals surface area contributed by atoms with Crippen LogP contribution in [0.1, 0.15) is 10.4 Å². The summed E-state index contributed by atoms with van der Waals surface area (Å²) in [5.74, 6) is -0.468. The van der Waals surface area contributed by atoms with Gasteiger partial charge in [-0.15, -0.1) is 5.10 Å². The third kappa shape index (κ3) is 4.56. The Kier molecular flexibility index (Phi) is 5.74. The molecule has 0 atom stereocenters. The number of rotatable bonds is 6. The van der Waals surface area contributed by atoms with Crippen molar-refractivity contribution in [2.24, 2.45) is 0 Å². The van der Waals surface area contributed by atoms with Crippen LogP contribution in [0.3, 0.4) is 0 Å². The number of anilines is 1. The van der Waals surface area contributed by atoms with E-state index in [1.165, 1.54) is 62.6 Å². The number of carbonyl (C=O) groups excluding carboxylic acids is 1. The molecule has 10 nitrogen and oxygen atoms in total. The number of benzene rings is 2. The second-order valence-electron chi connectivity index (χ2n) is 6.47. The van der Waals surface area contributed by atoms with E-state index in [4.69, 9.17) is 4.42 Å². The molecule has 2 aromatic carbocycles. The fourth-order valence-electron chi connectivity index (χ4n) is 2.39. The summed E-state index contributed by atoms with van der Waals surface area (Å²) < 4.78 is 53.7. The molecule has 158 valence electrons. The van der Waals surface area contributed by atoms with Crippen LogP contribution < -0.4 is 5.32 Å². The number of aromatic nitrogens is 2. The first-order chi connectivity index (χ1) is 14.0. The van der Waals surface area contributed by atoms with Crippen LogP contribution in [0, 0.1) is 0 Å². The molecule has 3 aromatic rings. The Bertz CT molecular complexity index is 1280. The zero-order valence-electron chi connectivity index (χ0n) is 16.2. The average molecular weight is 450 g/mol. The van der Waals surface area contributed by atoms with Gasteiger partial charge in [0.1, 0.15) is 0 Å². The second-order valence-corrected chi connectivity index (χ2v) is 10.6. The number of sulfonamides is 1. The van der Waals surface area contributed by atoms with Gasteiger partial charge in [-0.3, -0.25) is 10.1 Å². The lowest BCUT2D eigenvalue weighted by Gasteiger charge is -2.11. The lowest BCUT2D eigenvalue weighted by atomic mass is 10.2. The fraction of sp³-hybridized carbons (Fsp3) is 0.167. The molecule has 1 heterocycles. The maximum Gasteiger partial charge on any atom is 0.322 e. The zero-order valence-corrected chi connectivity index (χ0v) is 17.9. The molecule has 0 aliphatic heterocycles. The Morgan fingerprint density at radius 2 is 1.47 bits per heavy atom. The predicted octanol–water partition coefficient (Wildman–Crippen LogP) is 1.64. The van der Waals surface area contributed by atoms with E-state index in [9.17, 15) is 21.6 Å². The standard InChI is InChI=1S/C18H18N4O6S2/c1-22(2)30(26,27)15-10-6-13(7-11-15)17-20-21-18(28-17)19-16(23)12-4-8-14(9-5-12)29(3,24)25/h4-11H,1-3H3,(H,19,21,23). The summed E-state index contributed by atoms with van der Waals surface area (Å²) in [6, 6.07) is 11.1. The highest BCUT2D eigenvalue weighted by molar-refractivity contribution is 7.90. The maximum atomic E-state index is 12.3. The van der Waals surface area contributed by atoms with Gasteiger partial charge < -0.3 is 4.42 Å². The van der Waals surface area contributed by atoms with Crippen molar-refractivity contribution in [3.8, 4) is 11.5 Å². The molecule has 0 aliphatic rings. The highest BCUT2D eigenvalue weighted by atomic mass is 32.2. The Hall–Kier alpha value is -3.09. The molecule has 30 heavy (non-hydrogen) atoms. The number of carbonyl (C=O) groups is 1. The predicted molar refractivity (Wildman–Crippen MR) is 108 cm³/mol. The molecule has 0 fully saturated rings. The van der Waals surface area contributed by atoms with Gasteiger partial charge in [-0.1, -0.05) is 5.10 Å². The molecule has 1 aromatic heterocycles. The molecular weight excluding hydrogens is 432 g/mol. The van der Waals surface area contributed by atoms with E-state index in [1.807, 2.05) is 0 Å². The lowest BCUT2D eigenvalue weighted by Crippen LogP contribution is -2.22. The fourth-order valence-corrected chi connectivity index (χ4v) is 3.93. The van der Waals surface area contributed by atoms with E-state index in [2.05, 4.69) is 15.5 Å². The highest BCUT2D eigenvalue weighted by Crippen LogP contribution is 2.23. The molecule has 0 saturated carbocycles. The van der Waals surface area contributed by atoms with Crippen molar-refractivity contribution in [3.05, 3.63) is 54.1 Å². The van der Waals surface area contributed by atoms with Gasteiger partial charge in [-0.05, 0) is 48.5 Å². The maximum absolute atomic E-state index is 12.3. The smallest absolute Gasteiger partial charge is 0.322 e. The first-order valence-corrected chi connectivity index (χ1v) is 11.8. The van der Waals surface area contributed by atoms with Crippen LogP contribution in [-0.4, -0.2) is 57.6 Å². The lowest BCUT2D eigenvalue weighted by molar-refractivity contribution is 0.102. The minimum Gasteiger partial charge on any atom is -0.403 e. The summed E-state index contributed by atoms with van der Waals surface area (Å²) in [6.45, 7) is 0. The van der Waals surface area contributed by atoms with Gasteiger partial charge in [-0.2, -0.15) is 0 Å². The van der Waals surface area contributed by atoms with E-state index < -0.39 is 25.8 Å². The molecule has 0 spiro atoms. The van der Waals surface area contributed by atoms with Crippen molar-refractivity contribution in [3.63, 3.8) is 0 Å². The zero-order chi connectivity index (χ0) is 22.1. The summed E-state index contributed by atoms with van der Waals surface area (Å²) in [6.07, 6.45) is 1.07. The molecule has 0 saturated heterocycles. The third-order valence-corrected chi connectivity index (χ3v) is 7.03. The molecule has 0 aliphatic carbocycles. The van der Waals surface area contributed by atoms with Gasteiger partial charge in [0.15, 0.2) is 9.84 Å². The largest absolute Gasteiger partial charge is 0.403 e. The highest BCUT2D eigenvalue weighted by Gasteiger charge is 2.18. The SMILES string of the molecule is CN(C)S(=O)(=O)c1ccc(-c2nnc(NC(=O)c3ccc(S(C)(=O)=O)cc3)o2)cc1. The van der Waals surface area contributed by atoms with Crippen LogP contribution in [0.15, 0.2) is 62.7 Å². The van der Waals surface area contributed by atoms with Crippen molar-refractivity contribution in [1.82, 2.24) is 14.5 Å². The molecule has 1 N–H and O–H groups in total. The van der Waals surface area contributed by atoms with E-state index in [1.54, 1.807) is 0 Å². The van der Waals surface area contributed by atoms with E-state index in [0.29, 0.717) is 5.56 Å². The molecule has 3 rings (SSSR count). The molecule has 1 amide bonds. The van der Waals surface area contributed by atoms with Crippen molar-refractivity contribution in [2.45, 2.75) is 9.79 Å². The topological polar surface area (TPSA) is 140 Å². The Labute approximate surface area is 173 Å². The first-order valence-electron chi connectivity index (χ1n) is 8.46. The van der Waals surface area contributed by atoms with E-state index >= 15 is 0 Å². The summed E-state index contributed by atoms with van der Waals surface area (Å²) in [4.78, 5) is 12.5. The average Bonchev–Trinajstić information content (AvgIpc) is 3.16. The van der Waals surface area contributed by atoms with Crippen LogP contribution in [0.25, 0.3) is 11.5 Å². The number of hydrogen-bond acceptors (Lipinski definition) is 8. The van der Waals surface area contributed by atoms with Crippen molar-refractivity contribution < 1.29 is 26.0 Å². The Balaban J connectivity index is 1.74. The van der Waals surface area contributed by atoms with Gasteiger partial charge in [0.2, 0.25) is 15.9 Å². The van der Waals surface area contributed by atoms with Crippen LogP contribution in [-0.2, 0) is 19.9 Å². The summed E-state index contributed by atoms with van der Waals surface area (Å²) >= 11 is 0. The van der Waals surface area contributed by atoms with Gasteiger partial charge in [0, 0.05) is 31.5 Å². The molecule has 0 unspecified atom stereocenters. The number of nitrogens with one attached hydrogen (secondary N) is 1. The number of sulfone groups is 1. The first kappa shape index (κ1) is 21.6. The van der Waals surface area contributed by atoms with Gasteiger partial charge in [-0.25, -0.2) is 21.1 Å². The van der Waals surface area contributed by atoms with Crippen LogP contribution in [0.2, 0.25) is 0 Å². The number of hydrogen-bond donors (Lipinski definition) is 1. The monoisotopic (exact) mass is 450 g/mol. The summed E-state index contributed by atoms with van der Waals surface area (Å²) in [7, 11) is -4.05. The van der Waals surface area contributed by atoms with Crippen LogP contribution in [0.4, 0.5) is 6.01 Å². The minimum atomic E-state index is -3.56. The van der Waals surface area contributed by atoms with Crippen LogP contribution in [0.5, 0.6) is 0 Å². The van der Waals surface area contributed by atoms with Gasteiger partial charge in [0.05, 0.1) is 9.79 Å². The summed E-state index contributed by atoms with van der Waals surface area (Å²) in [5, 5.41) is 10.0. The molecule has 12 heteroatoms. The van der Waals surface area contributed by atoms with Crippen molar-refractivity contribution in [1.29, 1.82) is 0 Å². The van der Waals surface area contributed by atoms with E-state index in [-0.39, 0.29) is 27.3 Å².